The highest BCUT2D eigenvalue weighted by atomic mass is 16.3. The first-order valence-electron chi connectivity index (χ1n) is 13.5. The number of aromatic amines is 1. The fourth-order valence-corrected chi connectivity index (χ4v) is 4.89. The number of rotatable bonds is 15. The summed E-state index contributed by atoms with van der Waals surface area (Å²) in [6, 6.07) is -2.67. The second kappa shape index (κ2) is 15.4. The van der Waals surface area contributed by atoms with Crippen LogP contribution in [0.5, 0.6) is 0 Å². The minimum absolute atomic E-state index is 0.147. The summed E-state index contributed by atoms with van der Waals surface area (Å²) in [4.78, 5) is 69.7. The number of H-pyrrole nitrogens is 1. The summed E-state index contributed by atoms with van der Waals surface area (Å²) in [6.07, 6.45) is 8.33. The summed E-state index contributed by atoms with van der Waals surface area (Å²) in [5.74, 6) is -2.91. The van der Waals surface area contributed by atoms with Gasteiger partial charge in [-0.2, -0.15) is 0 Å². The van der Waals surface area contributed by atoms with Crippen molar-refractivity contribution in [3.8, 4) is 0 Å². The molecule has 1 saturated carbocycles. The molecule has 0 spiro atoms. The van der Waals surface area contributed by atoms with Gasteiger partial charge in [-0.15, -0.1) is 0 Å². The van der Waals surface area contributed by atoms with Crippen LogP contribution in [0.4, 0.5) is 0 Å². The zero-order valence-corrected chi connectivity index (χ0v) is 22.9. The van der Waals surface area contributed by atoms with Gasteiger partial charge in [0.1, 0.15) is 24.2 Å². The number of nitrogens with one attached hydrogen (secondary N) is 4. The minimum atomic E-state index is -1.07. The first-order valence-corrected chi connectivity index (χ1v) is 13.5. The average molecular weight is 534 g/mol. The lowest BCUT2D eigenvalue weighted by atomic mass is 9.84. The Labute approximate surface area is 224 Å². The van der Waals surface area contributed by atoms with E-state index >= 15 is 0 Å². The molecular weight excluding hydrogens is 490 g/mol. The summed E-state index contributed by atoms with van der Waals surface area (Å²) >= 11 is 0. The van der Waals surface area contributed by atoms with E-state index in [1.807, 2.05) is 0 Å². The molecule has 3 amide bonds. The molecule has 0 bridgehead atoms. The Bertz CT molecular complexity index is 926. The van der Waals surface area contributed by atoms with Gasteiger partial charge in [-0.05, 0) is 32.1 Å². The molecule has 1 aromatic heterocycles. The summed E-state index contributed by atoms with van der Waals surface area (Å²) in [5, 5.41) is 18.2. The van der Waals surface area contributed by atoms with Gasteiger partial charge in [0, 0.05) is 24.7 Å². The molecular formula is C27H43N5O6. The van der Waals surface area contributed by atoms with Gasteiger partial charge in [0.25, 0.3) is 0 Å². The van der Waals surface area contributed by atoms with Crippen LogP contribution in [0.1, 0.15) is 78.3 Å². The van der Waals surface area contributed by atoms with E-state index in [2.05, 4.69) is 25.9 Å². The molecule has 0 saturated heterocycles. The third-order valence-electron chi connectivity index (χ3n) is 7.09. The van der Waals surface area contributed by atoms with E-state index in [1.165, 1.54) is 20.2 Å². The molecule has 5 N–H and O–H groups in total. The maximum atomic E-state index is 13.4. The Kier molecular flexibility index (Phi) is 12.6. The number of hydrogen-bond acceptors (Lipinski definition) is 7. The zero-order valence-electron chi connectivity index (χ0n) is 22.9. The Morgan fingerprint density at radius 2 is 1.74 bits per heavy atom. The summed E-state index contributed by atoms with van der Waals surface area (Å²) < 4.78 is 0. The van der Waals surface area contributed by atoms with Crippen molar-refractivity contribution in [2.24, 2.45) is 17.8 Å². The number of aromatic nitrogens is 2. The minimum Gasteiger partial charge on any atom is -0.393 e. The largest absolute Gasteiger partial charge is 0.393 e. The van der Waals surface area contributed by atoms with Crippen LogP contribution in [0, 0.1) is 17.8 Å². The van der Waals surface area contributed by atoms with E-state index in [0.29, 0.717) is 18.4 Å². The molecule has 1 unspecified atom stereocenters. The Balaban J connectivity index is 2.16. The van der Waals surface area contributed by atoms with E-state index in [0.717, 1.165) is 32.1 Å². The van der Waals surface area contributed by atoms with Gasteiger partial charge in [0.05, 0.1) is 24.4 Å². The van der Waals surface area contributed by atoms with Gasteiger partial charge in [-0.3, -0.25) is 14.4 Å². The van der Waals surface area contributed by atoms with Crippen LogP contribution in [0.15, 0.2) is 12.5 Å². The van der Waals surface area contributed by atoms with Crippen molar-refractivity contribution in [1.82, 2.24) is 25.9 Å². The van der Waals surface area contributed by atoms with Gasteiger partial charge in [0.15, 0.2) is 0 Å². The van der Waals surface area contributed by atoms with Crippen LogP contribution in [-0.4, -0.2) is 69.1 Å². The summed E-state index contributed by atoms with van der Waals surface area (Å²) in [7, 11) is 0. The van der Waals surface area contributed by atoms with Crippen molar-refractivity contribution < 1.29 is 29.1 Å². The molecule has 212 valence electrons. The van der Waals surface area contributed by atoms with Crippen molar-refractivity contribution in [3.05, 3.63) is 18.2 Å². The maximum Gasteiger partial charge on any atom is 0.243 e. The number of ketones is 1. The van der Waals surface area contributed by atoms with Gasteiger partial charge in [0.2, 0.25) is 17.7 Å². The number of hydrogen-bond donors (Lipinski definition) is 5. The molecule has 1 aromatic rings. The van der Waals surface area contributed by atoms with Gasteiger partial charge in [-0.25, -0.2) is 4.98 Å². The standard InChI is InChI=1S/C27H43N5O6/c1-16(2)24(32-25(36)22(18(4)35)10-17(3)34)27(38)31-23(11-19-8-6-5-7-9-19)26(37)30-21(14-33)12-20-13-28-15-29-20/h13-16,18-19,21-24,35H,5-12H2,1-4H3,(H,28,29)(H,30,37)(H,31,38)(H,32,36)/t18?,21-,22-,23-,24-/m0/s1. The van der Waals surface area contributed by atoms with Crippen LogP contribution in [-0.2, 0) is 30.4 Å². The highest BCUT2D eigenvalue weighted by Crippen LogP contribution is 2.27. The Morgan fingerprint density at radius 3 is 2.26 bits per heavy atom. The molecule has 2 rings (SSSR count). The third-order valence-corrected chi connectivity index (χ3v) is 7.09. The number of carbonyl (C=O) groups is 5. The van der Waals surface area contributed by atoms with Gasteiger partial charge >= 0.3 is 0 Å². The number of amides is 3. The van der Waals surface area contributed by atoms with Gasteiger partial charge in [-0.1, -0.05) is 46.0 Å². The zero-order chi connectivity index (χ0) is 28.2. The summed E-state index contributed by atoms with van der Waals surface area (Å²) in [5.41, 5.74) is 0.691. The van der Waals surface area contributed by atoms with Crippen molar-refractivity contribution >= 4 is 29.8 Å². The number of nitrogens with zero attached hydrogens (tertiary/aromatic N) is 1. The fraction of sp³-hybridized carbons (Fsp3) is 0.704. The highest BCUT2D eigenvalue weighted by Gasteiger charge is 2.34. The molecule has 0 aliphatic heterocycles. The number of aliphatic hydroxyl groups excluding tert-OH is 1. The topological polar surface area (TPSA) is 170 Å². The van der Waals surface area contributed by atoms with E-state index in [-0.39, 0.29) is 30.5 Å². The quantitative estimate of drug-likeness (QED) is 0.211. The monoisotopic (exact) mass is 533 g/mol. The average Bonchev–Trinajstić information content (AvgIpc) is 3.38. The molecule has 0 radical (unpaired) electrons. The number of aldehydes is 1. The molecule has 5 atom stereocenters. The van der Waals surface area contributed by atoms with E-state index in [9.17, 15) is 29.1 Å². The van der Waals surface area contributed by atoms with Crippen molar-refractivity contribution in [1.29, 1.82) is 0 Å². The predicted molar refractivity (Wildman–Crippen MR) is 141 cm³/mol. The van der Waals surface area contributed by atoms with E-state index < -0.39 is 47.9 Å². The Morgan fingerprint density at radius 1 is 1.05 bits per heavy atom. The molecule has 1 fully saturated rings. The van der Waals surface area contributed by atoms with Crippen LogP contribution in [0.25, 0.3) is 0 Å². The molecule has 11 nitrogen and oxygen atoms in total. The molecule has 38 heavy (non-hydrogen) atoms. The number of Topliss-reactive ketones (excluding diaryl/α,β-unsaturated/α-hetero) is 1. The smallest absolute Gasteiger partial charge is 0.243 e. The molecule has 1 aliphatic carbocycles. The normalized spacial score (nSPS) is 18.1. The van der Waals surface area contributed by atoms with Crippen LogP contribution in [0.2, 0.25) is 0 Å². The van der Waals surface area contributed by atoms with Gasteiger partial charge < -0.3 is 35.6 Å². The fourth-order valence-electron chi connectivity index (χ4n) is 4.89. The molecule has 0 aromatic carbocycles. The lowest BCUT2D eigenvalue weighted by Crippen LogP contribution is -2.58. The first-order chi connectivity index (χ1) is 18.0. The molecule has 1 heterocycles. The van der Waals surface area contributed by atoms with Crippen LogP contribution >= 0.6 is 0 Å². The number of carbonyl (C=O) groups excluding carboxylic acids is 5. The Hall–Kier alpha value is -3.08. The molecule has 1 aliphatic rings. The number of imidazole rings is 1. The van der Waals surface area contributed by atoms with Crippen LogP contribution < -0.4 is 16.0 Å². The second-order valence-electron chi connectivity index (χ2n) is 10.8. The first kappa shape index (κ1) is 31.1. The summed E-state index contributed by atoms with van der Waals surface area (Å²) in [6.45, 7) is 6.28. The van der Waals surface area contributed by atoms with Crippen molar-refractivity contribution in [2.45, 2.75) is 103 Å². The maximum absolute atomic E-state index is 13.4. The lowest BCUT2D eigenvalue weighted by molar-refractivity contribution is -0.137. The predicted octanol–water partition coefficient (Wildman–Crippen LogP) is 1.21. The van der Waals surface area contributed by atoms with Crippen LogP contribution in [0.3, 0.4) is 0 Å². The number of aliphatic hydroxyl groups is 1. The lowest BCUT2D eigenvalue weighted by Gasteiger charge is -2.30. The van der Waals surface area contributed by atoms with E-state index in [4.69, 9.17) is 0 Å². The molecule has 11 heteroatoms. The van der Waals surface area contributed by atoms with Crippen molar-refractivity contribution in [3.63, 3.8) is 0 Å². The van der Waals surface area contributed by atoms with E-state index in [1.54, 1.807) is 20.0 Å². The third kappa shape index (κ3) is 10.00. The highest BCUT2D eigenvalue weighted by molar-refractivity contribution is 5.94. The second-order valence-corrected chi connectivity index (χ2v) is 10.8. The van der Waals surface area contributed by atoms with Crippen molar-refractivity contribution in [2.75, 3.05) is 0 Å². The SMILES string of the molecule is CC(=O)C[C@H](C(=O)N[C@H](C(=O)N[C@@H](CC1CCCCC1)C(=O)N[C@H](C=O)Cc1cnc[nH]1)C(C)C)C(C)O.